The summed E-state index contributed by atoms with van der Waals surface area (Å²) in [4.78, 5) is 48.4. The molecule has 0 aliphatic carbocycles. The summed E-state index contributed by atoms with van der Waals surface area (Å²) >= 11 is 0. The number of carbonyl (C=O) groups excluding carboxylic acids is 4. The lowest BCUT2D eigenvalue weighted by molar-refractivity contribution is -0.124. The topological polar surface area (TPSA) is 95.6 Å². The van der Waals surface area contributed by atoms with Crippen molar-refractivity contribution in [1.82, 2.24) is 15.5 Å². The van der Waals surface area contributed by atoms with E-state index < -0.39 is 23.8 Å². The summed E-state index contributed by atoms with van der Waals surface area (Å²) in [6.07, 6.45) is 0.570. The van der Waals surface area contributed by atoms with E-state index in [-0.39, 0.29) is 5.91 Å². The first-order chi connectivity index (χ1) is 10.9. The summed E-state index contributed by atoms with van der Waals surface area (Å²) < 4.78 is 0. The molecule has 7 heteroatoms. The third kappa shape index (κ3) is 3.56. The van der Waals surface area contributed by atoms with Crippen molar-refractivity contribution in [1.29, 1.82) is 0 Å². The number of hydrogen-bond donors (Lipinski definition) is 2. The number of benzene rings is 1. The third-order valence-electron chi connectivity index (χ3n) is 3.62. The predicted octanol–water partition coefficient (Wildman–Crippen LogP) is 0.314. The van der Waals surface area contributed by atoms with Gasteiger partial charge in [0.1, 0.15) is 6.04 Å². The molecular weight excluding hydrogens is 298 g/mol. The summed E-state index contributed by atoms with van der Waals surface area (Å²) in [5, 5.41) is 5.29. The summed E-state index contributed by atoms with van der Waals surface area (Å²) in [6, 6.07) is 5.63. The highest BCUT2D eigenvalue weighted by atomic mass is 16.2. The standard InChI is InChI=1S/C16H19N3O4/c1-10(14(21)18-9-5-8-17-11(2)20)19-15(22)12-6-3-4-7-13(12)16(19)23/h3-4,6-7,10H,5,8-9H2,1-2H3,(H,17,20)(H,18,21). The average Bonchev–Trinajstić information content (AvgIpc) is 2.78. The lowest BCUT2D eigenvalue weighted by Crippen LogP contribution is -2.48. The molecule has 1 unspecified atom stereocenters. The van der Waals surface area contributed by atoms with Crippen LogP contribution in [0.4, 0.5) is 0 Å². The van der Waals surface area contributed by atoms with Crippen LogP contribution in [0.2, 0.25) is 0 Å². The molecular formula is C16H19N3O4. The molecule has 7 nitrogen and oxygen atoms in total. The van der Waals surface area contributed by atoms with Gasteiger partial charge in [-0.05, 0) is 25.5 Å². The number of hydrogen-bond acceptors (Lipinski definition) is 4. The molecule has 0 saturated heterocycles. The molecule has 0 aromatic heterocycles. The Labute approximate surface area is 134 Å². The van der Waals surface area contributed by atoms with Gasteiger partial charge in [0.2, 0.25) is 11.8 Å². The van der Waals surface area contributed by atoms with Crippen LogP contribution >= 0.6 is 0 Å². The summed E-state index contributed by atoms with van der Waals surface area (Å²) in [5.74, 6) is -1.43. The molecule has 23 heavy (non-hydrogen) atoms. The fourth-order valence-corrected chi connectivity index (χ4v) is 2.39. The van der Waals surface area contributed by atoms with E-state index in [1.54, 1.807) is 24.3 Å². The molecule has 2 rings (SSSR count). The average molecular weight is 317 g/mol. The van der Waals surface area contributed by atoms with Crippen LogP contribution in [-0.2, 0) is 9.59 Å². The van der Waals surface area contributed by atoms with Crippen LogP contribution in [0.25, 0.3) is 0 Å². The van der Waals surface area contributed by atoms with Gasteiger partial charge >= 0.3 is 0 Å². The van der Waals surface area contributed by atoms with Crippen LogP contribution in [0, 0.1) is 0 Å². The Hall–Kier alpha value is -2.70. The number of fused-ring (bicyclic) bond motifs is 1. The lowest BCUT2D eigenvalue weighted by Gasteiger charge is -2.21. The minimum atomic E-state index is -0.886. The fourth-order valence-electron chi connectivity index (χ4n) is 2.39. The first kappa shape index (κ1) is 16.7. The zero-order valence-electron chi connectivity index (χ0n) is 13.1. The molecule has 4 amide bonds. The van der Waals surface area contributed by atoms with Crippen molar-refractivity contribution in [3.63, 3.8) is 0 Å². The van der Waals surface area contributed by atoms with Gasteiger partial charge in [0.25, 0.3) is 11.8 Å². The highest BCUT2D eigenvalue weighted by Crippen LogP contribution is 2.24. The second-order valence-electron chi connectivity index (χ2n) is 5.33. The molecule has 122 valence electrons. The van der Waals surface area contributed by atoms with Crippen molar-refractivity contribution in [3.8, 4) is 0 Å². The third-order valence-corrected chi connectivity index (χ3v) is 3.62. The van der Waals surface area contributed by atoms with Gasteiger partial charge in [0.05, 0.1) is 11.1 Å². The van der Waals surface area contributed by atoms with E-state index in [9.17, 15) is 19.2 Å². The van der Waals surface area contributed by atoms with E-state index in [4.69, 9.17) is 0 Å². The number of rotatable bonds is 6. The number of nitrogens with zero attached hydrogens (tertiary/aromatic N) is 1. The van der Waals surface area contributed by atoms with E-state index in [1.807, 2.05) is 0 Å². The highest BCUT2D eigenvalue weighted by Gasteiger charge is 2.40. The molecule has 0 radical (unpaired) electrons. The minimum absolute atomic E-state index is 0.129. The van der Waals surface area contributed by atoms with E-state index >= 15 is 0 Å². The van der Waals surface area contributed by atoms with E-state index in [0.717, 1.165) is 4.90 Å². The van der Waals surface area contributed by atoms with Gasteiger partial charge in [-0.1, -0.05) is 12.1 Å². The highest BCUT2D eigenvalue weighted by molar-refractivity contribution is 6.22. The fraction of sp³-hybridized carbons (Fsp3) is 0.375. The molecule has 1 heterocycles. The number of nitrogens with one attached hydrogen (secondary N) is 2. The van der Waals surface area contributed by atoms with Crippen LogP contribution in [0.15, 0.2) is 24.3 Å². The number of amides is 4. The largest absolute Gasteiger partial charge is 0.356 e. The molecule has 1 aliphatic heterocycles. The lowest BCUT2D eigenvalue weighted by atomic mass is 10.1. The Balaban J connectivity index is 1.92. The molecule has 1 atom stereocenters. The van der Waals surface area contributed by atoms with Crippen molar-refractivity contribution in [2.75, 3.05) is 13.1 Å². The Morgan fingerprint density at radius 3 is 2.09 bits per heavy atom. The zero-order valence-corrected chi connectivity index (χ0v) is 13.1. The first-order valence-electron chi connectivity index (χ1n) is 7.42. The molecule has 2 N–H and O–H groups in total. The van der Waals surface area contributed by atoms with E-state index in [1.165, 1.54) is 13.8 Å². The van der Waals surface area contributed by atoms with Gasteiger partial charge in [-0.2, -0.15) is 0 Å². The summed E-state index contributed by atoms with van der Waals surface area (Å²) in [5.41, 5.74) is 0.644. The van der Waals surface area contributed by atoms with Gasteiger partial charge in [-0.3, -0.25) is 24.1 Å². The maximum Gasteiger partial charge on any atom is 0.262 e. The Bertz CT molecular complexity index is 621. The number of carbonyl (C=O) groups is 4. The maximum atomic E-state index is 12.3. The second-order valence-corrected chi connectivity index (χ2v) is 5.33. The van der Waals surface area contributed by atoms with Crippen molar-refractivity contribution in [3.05, 3.63) is 35.4 Å². The quantitative estimate of drug-likeness (QED) is 0.583. The summed E-state index contributed by atoms with van der Waals surface area (Å²) in [6.45, 7) is 3.75. The Morgan fingerprint density at radius 2 is 1.57 bits per heavy atom. The van der Waals surface area contributed by atoms with E-state index in [0.29, 0.717) is 30.6 Å². The van der Waals surface area contributed by atoms with Crippen molar-refractivity contribution < 1.29 is 19.2 Å². The van der Waals surface area contributed by atoms with Crippen molar-refractivity contribution >= 4 is 23.6 Å². The van der Waals surface area contributed by atoms with Crippen molar-refractivity contribution in [2.24, 2.45) is 0 Å². The van der Waals surface area contributed by atoms with Crippen molar-refractivity contribution in [2.45, 2.75) is 26.3 Å². The monoisotopic (exact) mass is 317 g/mol. The van der Waals surface area contributed by atoms with Crippen LogP contribution in [0.5, 0.6) is 0 Å². The van der Waals surface area contributed by atoms with Crippen LogP contribution in [-0.4, -0.2) is 47.7 Å². The molecule has 0 saturated carbocycles. The second kappa shape index (κ2) is 7.04. The molecule has 0 bridgehead atoms. The Kier molecular flexibility index (Phi) is 5.10. The van der Waals surface area contributed by atoms with Gasteiger partial charge < -0.3 is 10.6 Å². The van der Waals surface area contributed by atoms with Crippen LogP contribution < -0.4 is 10.6 Å². The maximum absolute atomic E-state index is 12.3. The van der Waals surface area contributed by atoms with Crippen LogP contribution in [0.1, 0.15) is 41.0 Å². The van der Waals surface area contributed by atoms with Crippen LogP contribution in [0.3, 0.4) is 0 Å². The predicted molar refractivity (Wildman–Crippen MR) is 82.7 cm³/mol. The minimum Gasteiger partial charge on any atom is -0.356 e. The van der Waals surface area contributed by atoms with Gasteiger partial charge in [0.15, 0.2) is 0 Å². The van der Waals surface area contributed by atoms with Gasteiger partial charge in [0, 0.05) is 20.0 Å². The van der Waals surface area contributed by atoms with Gasteiger partial charge in [-0.15, -0.1) is 0 Å². The normalized spacial score (nSPS) is 14.4. The SMILES string of the molecule is CC(=O)NCCCNC(=O)C(C)N1C(=O)c2ccccc2C1=O. The Morgan fingerprint density at radius 1 is 1.04 bits per heavy atom. The van der Waals surface area contributed by atoms with E-state index in [2.05, 4.69) is 10.6 Å². The number of imide groups is 1. The first-order valence-corrected chi connectivity index (χ1v) is 7.42. The molecule has 0 fully saturated rings. The summed E-state index contributed by atoms with van der Waals surface area (Å²) in [7, 11) is 0. The molecule has 1 aromatic rings. The molecule has 1 aromatic carbocycles. The van der Waals surface area contributed by atoms with Gasteiger partial charge in [-0.25, -0.2) is 0 Å². The molecule has 1 aliphatic rings. The molecule has 0 spiro atoms. The zero-order chi connectivity index (χ0) is 17.0. The smallest absolute Gasteiger partial charge is 0.262 e.